The summed E-state index contributed by atoms with van der Waals surface area (Å²) in [4.78, 5) is 4.00. The van der Waals surface area contributed by atoms with E-state index in [0.717, 1.165) is 18.7 Å². The first-order chi connectivity index (χ1) is 9.93. The molecule has 0 radical (unpaired) electrons. The molecule has 0 spiro atoms. The van der Waals surface area contributed by atoms with Gasteiger partial charge in [0.25, 0.3) is 0 Å². The first kappa shape index (κ1) is 12.3. The van der Waals surface area contributed by atoms with Crippen LogP contribution in [0.5, 0.6) is 0 Å². The maximum atomic E-state index is 4.00. The van der Waals surface area contributed by atoms with E-state index in [2.05, 4.69) is 25.8 Å². The zero-order chi connectivity index (χ0) is 13.6. The Morgan fingerprint density at radius 1 is 1.00 bits per heavy atom. The number of nitrogens with zero attached hydrogens (tertiary/aromatic N) is 5. The fourth-order valence-electron chi connectivity index (χ4n) is 1.91. The lowest BCUT2D eigenvalue weighted by Gasteiger charge is -2.06. The number of hydrogen-bond donors (Lipinski definition) is 1. The molecule has 6 heteroatoms. The number of rotatable bonds is 5. The largest absolute Gasteiger partial charge is 0.352 e. The van der Waals surface area contributed by atoms with Gasteiger partial charge in [0.1, 0.15) is 0 Å². The minimum absolute atomic E-state index is 0.644. The van der Waals surface area contributed by atoms with Crippen molar-refractivity contribution in [1.29, 1.82) is 0 Å². The molecule has 2 aromatic heterocycles. The van der Waals surface area contributed by atoms with Crippen LogP contribution in [0.3, 0.4) is 0 Å². The molecule has 0 unspecified atom stereocenters. The predicted molar refractivity (Wildman–Crippen MR) is 75.6 cm³/mol. The second-order valence-electron chi connectivity index (χ2n) is 4.28. The van der Waals surface area contributed by atoms with Gasteiger partial charge >= 0.3 is 0 Å². The second-order valence-corrected chi connectivity index (χ2v) is 4.28. The highest BCUT2D eigenvalue weighted by molar-refractivity contribution is 5.38. The van der Waals surface area contributed by atoms with Crippen LogP contribution in [0, 0.1) is 0 Å². The van der Waals surface area contributed by atoms with Gasteiger partial charge in [0, 0.05) is 18.9 Å². The van der Waals surface area contributed by atoms with Crippen molar-refractivity contribution in [3.05, 3.63) is 60.4 Å². The van der Waals surface area contributed by atoms with E-state index in [4.69, 9.17) is 0 Å². The molecule has 1 N–H and O–H groups in total. The van der Waals surface area contributed by atoms with Gasteiger partial charge in [-0.05, 0) is 46.7 Å². The monoisotopic (exact) mass is 266 g/mol. The highest BCUT2D eigenvalue weighted by Gasteiger charge is 2.06. The first-order valence-corrected chi connectivity index (χ1v) is 6.40. The molecule has 0 amide bonds. The van der Waals surface area contributed by atoms with Gasteiger partial charge < -0.3 is 5.32 Å². The molecule has 100 valence electrons. The van der Waals surface area contributed by atoms with Gasteiger partial charge in [-0.25, -0.2) is 0 Å². The van der Waals surface area contributed by atoms with Crippen molar-refractivity contribution in [1.82, 2.24) is 25.2 Å². The summed E-state index contributed by atoms with van der Waals surface area (Å²) in [5.41, 5.74) is 2.16. The van der Waals surface area contributed by atoms with Gasteiger partial charge in [-0.2, -0.15) is 4.68 Å². The molecule has 3 aromatic rings. The number of anilines is 1. The van der Waals surface area contributed by atoms with Crippen LogP contribution in [0.2, 0.25) is 0 Å². The van der Waals surface area contributed by atoms with Crippen molar-refractivity contribution >= 4 is 5.95 Å². The maximum absolute atomic E-state index is 4.00. The quantitative estimate of drug-likeness (QED) is 0.761. The molecule has 0 aliphatic carbocycles. The maximum Gasteiger partial charge on any atom is 0.247 e. The van der Waals surface area contributed by atoms with Crippen molar-refractivity contribution in [3.8, 4) is 5.69 Å². The third-order valence-electron chi connectivity index (χ3n) is 2.92. The van der Waals surface area contributed by atoms with Gasteiger partial charge in [0.05, 0.1) is 5.69 Å². The summed E-state index contributed by atoms with van der Waals surface area (Å²) in [6.07, 6.45) is 4.48. The van der Waals surface area contributed by atoms with Crippen LogP contribution in [-0.4, -0.2) is 31.7 Å². The average Bonchev–Trinajstić information content (AvgIpc) is 2.98. The zero-order valence-corrected chi connectivity index (χ0v) is 10.8. The lowest BCUT2D eigenvalue weighted by Crippen LogP contribution is -2.10. The summed E-state index contributed by atoms with van der Waals surface area (Å²) in [5, 5.41) is 15.0. The van der Waals surface area contributed by atoms with Gasteiger partial charge in [-0.15, -0.1) is 0 Å². The third kappa shape index (κ3) is 2.80. The van der Waals surface area contributed by atoms with Crippen molar-refractivity contribution in [2.75, 3.05) is 11.9 Å². The standard InChI is InChI=1S/C14H14N6/c1-2-4-13(5-3-1)20-14(17-18-19-20)16-11-8-12-6-9-15-10-7-12/h1-7,9-10H,8,11H2,(H,16,17,19). The van der Waals surface area contributed by atoms with E-state index in [1.165, 1.54) is 5.56 Å². The Kier molecular flexibility index (Phi) is 3.64. The molecule has 0 saturated carbocycles. The van der Waals surface area contributed by atoms with Crippen LogP contribution < -0.4 is 5.32 Å². The number of para-hydroxylation sites is 1. The number of benzene rings is 1. The van der Waals surface area contributed by atoms with Gasteiger partial charge in [0.2, 0.25) is 5.95 Å². The Balaban J connectivity index is 1.66. The SMILES string of the molecule is c1ccc(-n2nnnc2NCCc2ccncc2)cc1. The Hall–Kier alpha value is -2.76. The van der Waals surface area contributed by atoms with E-state index in [0.29, 0.717) is 5.95 Å². The molecule has 6 nitrogen and oxygen atoms in total. The predicted octanol–water partition coefficient (Wildman–Crippen LogP) is 1.71. The van der Waals surface area contributed by atoms with Crippen LogP contribution in [0.4, 0.5) is 5.95 Å². The molecule has 0 bridgehead atoms. The average molecular weight is 266 g/mol. The summed E-state index contributed by atoms with van der Waals surface area (Å²) in [6.45, 7) is 0.761. The van der Waals surface area contributed by atoms with E-state index in [9.17, 15) is 0 Å². The van der Waals surface area contributed by atoms with Crippen LogP contribution in [0.25, 0.3) is 5.69 Å². The summed E-state index contributed by atoms with van der Waals surface area (Å²) in [5.74, 6) is 0.644. The van der Waals surface area contributed by atoms with Gasteiger partial charge in [-0.3, -0.25) is 4.98 Å². The topological polar surface area (TPSA) is 68.5 Å². The Bertz CT molecular complexity index is 650. The zero-order valence-electron chi connectivity index (χ0n) is 10.8. The molecule has 2 heterocycles. The lowest BCUT2D eigenvalue weighted by molar-refractivity contribution is 0.789. The molecular weight excluding hydrogens is 252 g/mol. The molecule has 3 rings (SSSR count). The minimum atomic E-state index is 0.644. The minimum Gasteiger partial charge on any atom is -0.352 e. The van der Waals surface area contributed by atoms with Crippen LogP contribution in [0.15, 0.2) is 54.9 Å². The van der Waals surface area contributed by atoms with Gasteiger partial charge in [-0.1, -0.05) is 23.3 Å². The second kappa shape index (κ2) is 5.92. The summed E-state index contributed by atoms with van der Waals surface area (Å²) in [7, 11) is 0. The molecule has 0 aliphatic rings. The molecular formula is C14H14N6. The molecule has 0 atom stereocenters. The van der Waals surface area contributed by atoms with E-state index in [1.807, 2.05) is 42.5 Å². The van der Waals surface area contributed by atoms with E-state index in [1.54, 1.807) is 17.1 Å². The van der Waals surface area contributed by atoms with Crippen LogP contribution in [-0.2, 0) is 6.42 Å². The number of pyridine rings is 1. The van der Waals surface area contributed by atoms with Gasteiger partial charge in [0.15, 0.2) is 0 Å². The Morgan fingerprint density at radius 2 is 1.80 bits per heavy atom. The van der Waals surface area contributed by atoms with E-state index in [-0.39, 0.29) is 0 Å². The van der Waals surface area contributed by atoms with Crippen LogP contribution >= 0.6 is 0 Å². The van der Waals surface area contributed by atoms with E-state index >= 15 is 0 Å². The summed E-state index contributed by atoms with van der Waals surface area (Å²) >= 11 is 0. The van der Waals surface area contributed by atoms with E-state index < -0.39 is 0 Å². The number of nitrogens with one attached hydrogen (secondary N) is 1. The normalized spacial score (nSPS) is 10.4. The molecule has 0 saturated heterocycles. The highest BCUT2D eigenvalue weighted by Crippen LogP contribution is 2.10. The third-order valence-corrected chi connectivity index (χ3v) is 2.92. The van der Waals surface area contributed by atoms with Crippen molar-refractivity contribution in [2.45, 2.75) is 6.42 Å². The van der Waals surface area contributed by atoms with Crippen molar-refractivity contribution in [2.24, 2.45) is 0 Å². The van der Waals surface area contributed by atoms with Crippen LogP contribution in [0.1, 0.15) is 5.56 Å². The molecule has 20 heavy (non-hydrogen) atoms. The van der Waals surface area contributed by atoms with Crippen molar-refractivity contribution in [3.63, 3.8) is 0 Å². The number of tetrazole rings is 1. The number of aromatic nitrogens is 5. The molecule has 0 aliphatic heterocycles. The number of hydrogen-bond acceptors (Lipinski definition) is 5. The molecule has 0 fully saturated rings. The Morgan fingerprint density at radius 3 is 2.60 bits per heavy atom. The smallest absolute Gasteiger partial charge is 0.247 e. The van der Waals surface area contributed by atoms with Crippen molar-refractivity contribution < 1.29 is 0 Å². The lowest BCUT2D eigenvalue weighted by atomic mass is 10.2. The first-order valence-electron chi connectivity index (χ1n) is 6.40. The fourth-order valence-corrected chi connectivity index (χ4v) is 1.91. The molecule has 1 aromatic carbocycles. The fraction of sp³-hybridized carbons (Fsp3) is 0.143. The Labute approximate surface area is 116 Å². The highest BCUT2D eigenvalue weighted by atomic mass is 15.6. The summed E-state index contributed by atoms with van der Waals surface area (Å²) in [6, 6.07) is 13.8. The summed E-state index contributed by atoms with van der Waals surface area (Å²) < 4.78 is 1.69.